The van der Waals surface area contributed by atoms with Gasteiger partial charge in [-0.1, -0.05) is 31.9 Å². The van der Waals surface area contributed by atoms with Crippen molar-refractivity contribution in [1.82, 2.24) is 10.4 Å². The largest absolute Gasteiger partial charge is 0.272 e. The molecule has 2 rings (SSSR count). The van der Waals surface area contributed by atoms with Crippen molar-refractivity contribution in [2.75, 3.05) is 0 Å². The van der Waals surface area contributed by atoms with E-state index in [4.69, 9.17) is 0 Å². The van der Waals surface area contributed by atoms with E-state index in [0.29, 0.717) is 0 Å². The van der Waals surface area contributed by atoms with Gasteiger partial charge in [0.1, 0.15) is 0 Å². The molecule has 1 amide bonds. The van der Waals surface area contributed by atoms with Gasteiger partial charge in [0.05, 0.1) is 14.4 Å². The average molecular weight is 375 g/mol. The number of alkyl halides is 2. The molecule has 1 aromatic rings. The maximum atomic E-state index is 12.0. The van der Waals surface area contributed by atoms with Gasteiger partial charge < -0.3 is 0 Å². The summed E-state index contributed by atoms with van der Waals surface area (Å²) in [6.07, 6.45) is 4.14. The molecule has 0 saturated heterocycles. The van der Waals surface area contributed by atoms with Crippen molar-refractivity contribution in [3.05, 3.63) is 30.1 Å². The number of hydrogen-bond donors (Lipinski definition) is 1. The molecule has 4 nitrogen and oxygen atoms in total. The highest BCUT2D eigenvalue weighted by atomic mass is 79.9. The van der Waals surface area contributed by atoms with Crippen LogP contribution in [0.25, 0.3) is 0 Å². The minimum atomic E-state index is -0.449. The summed E-state index contributed by atoms with van der Waals surface area (Å²) in [6.45, 7) is 3.74. The predicted octanol–water partition coefficient (Wildman–Crippen LogP) is 2.82. The highest BCUT2D eigenvalue weighted by Crippen LogP contribution is 2.66. The Kier molecular flexibility index (Phi) is 3.60. The number of halogens is 2. The normalized spacial score (nSPS) is 25.7. The topological polar surface area (TPSA) is 54.4 Å². The Balaban J connectivity index is 2.02. The molecule has 1 N–H and O–H groups in total. The van der Waals surface area contributed by atoms with Crippen LogP contribution in [0.4, 0.5) is 0 Å². The second-order valence-corrected chi connectivity index (χ2v) is 8.36. The monoisotopic (exact) mass is 373 g/mol. The van der Waals surface area contributed by atoms with Gasteiger partial charge in [0.2, 0.25) is 5.91 Å². The Hall–Kier alpha value is -0.750. The number of amides is 1. The minimum absolute atomic E-state index is 0.0929. The van der Waals surface area contributed by atoms with E-state index in [1.165, 1.54) is 0 Å². The standard InChI is InChI=1S/C12H13Br2N3O/c1-8(9-3-5-15-6-4-9)16-17-10(18)11(2)7-12(11,13)14/h3-6H,7H2,1-2H3,(H,17,18)/b16-8-/t11-/m1/s1. The molecule has 1 heterocycles. The summed E-state index contributed by atoms with van der Waals surface area (Å²) in [5.41, 5.74) is 3.85. The number of aromatic nitrogens is 1. The van der Waals surface area contributed by atoms with Crippen molar-refractivity contribution in [3.8, 4) is 0 Å². The molecule has 96 valence electrons. The lowest BCUT2D eigenvalue weighted by Gasteiger charge is -2.10. The van der Waals surface area contributed by atoms with Crippen LogP contribution in [-0.2, 0) is 4.79 Å². The molecular formula is C12H13Br2N3O. The summed E-state index contributed by atoms with van der Waals surface area (Å²) in [6, 6.07) is 3.70. The molecule has 1 fully saturated rings. The van der Waals surface area contributed by atoms with Crippen molar-refractivity contribution < 1.29 is 4.79 Å². The number of carbonyl (C=O) groups excluding carboxylic acids is 1. The maximum absolute atomic E-state index is 12.0. The molecule has 0 radical (unpaired) electrons. The van der Waals surface area contributed by atoms with Crippen LogP contribution in [0.5, 0.6) is 0 Å². The molecule has 1 atom stereocenters. The molecule has 1 aliphatic rings. The number of carbonyl (C=O) groups is 1. The van der Waals surface area contributed by atoms with Crippen molar-refractivity contribution in [2.24, 2.45) is 10.5 Å². The lowest BCUT2D eigenvalue weighted by Crippen LogP contribution is -2.30. The van der Waals surface area contributed by atoms with Gasteiger partial charge >= 0.3 is 0 Å². The Morgan fingerprint density at radius 2 is 2.00 bits per heavy atom. The third kappa shape index (κ3) is 2.49. The Morgan fingerprint density at radius 3 is 2.50 bits per heavy atom. The quantitative estimate of drug-likeness (QED) is 0.502. The molecule has 6 heteroatoms. The molecular weight excluding hydrogens is 362 g/mol. The zero-order valence-electron chi connectivity index (χ0n) is 10.1. The van der Waals surface area contributed by atoms with E-state index < -0.39 is 5.41 Å². The molecule has 0 aliphatic heterocycles. The van der Waals surface area contributed by atoms with Gasteiger partial charge in [0, 0.05) is 18.0 Å². The van der Waals surface area contributed by atoms with E-state index in [1.807, 2.05) is 26.0 Å². The van der Waals surface area contributed by atoms with E-state index in [9.17, 15) is 4.79 Å². The van der Waals surface area contributed by atoms with Crippen molar-refractivity contribution in [2.45, 2.75) is 23.5 Å². The number of hydrazone groups is 1. The summed E-state index contributed by atoms with van der Waals surface area (Å²) >= 11 is 6.92. The Morgan fingerprint density at radius 1 is 1.44 bits per heavy atom. The highest BCUT2D eigenvalue weighted by Gasteiger charge is 2.66. The van der Waals surface area contributed by atoms with Crippen LogP contribution in [0.2, 0.25) is 0 Å². The van der Waals surface area contributed by atoms with Crippen molar-refractivity contribution >= 4 is 43.5 Å². The first-order valence-corrected chi connectivity index (χ1v) is 7.08. The summed E-state index contributed by atoms with van der Waals surface area (Å²) in [7, 11) is 0. The molecule has 0 bridgehead atoms. The summed E-state index contributed by atoms with van der Waals surface area (Å²) in [5, 5.41) is 4.11. The number of rotatable bonds is 3. The van der Waals surface area contributed by atoms with Crippen LogP contribution in [0, 0.1) is 5.41 Å². The third-order valence-corrected chi connectivity index (χ3v) is 5.49. The van der Waals surface area contributed by atoms with Gasteiger partial charge in [0.15, 0.2) is 0 Å². The zero-order chi connectivity index (χ0) is 13.4. The van der Waals surface area contributed by atoms with Crippen molar-refractivity contribution in [1.29, 1.82) is 0 Å². The van der Waals surface area contributed by atoms with Gasteiger partial charge in [-0.15, -0.1) is 0 Å². The highest BCUT2D eigenvalue weighted by molar-refractivity contribution is 9.25. The fraction of sp³-hybridized carbons (Fsp3) is 0.417. The van der Waals surface area contributed by atoms with Gasteiger partial charge in [-0.25, -0.2) is 5.43 Å². The maximum Gasteiger partial charge on any atom is 0.248 e. The second kappa shape index (κ2) is 4.74. The SMILES string of the molecule is C/C(=N/NC(=O)[C@@]1(C)CC1(Br)Br)c1ccncc1. The number of nitrogens with zero attached hydrogens (tertiary/aromatic N) is 2. The molecule has 1 aliphatic carbocycles. The van der Waals surface area contributed by atoms with Crippen LogP contribution in [0.1, 0.15) is 25.8 Å². The van der Waals surface area contributed by atoms with E-state index in [1.54, 1.807) is 12.4 Å². The first-order chi connectivity index (χ1) is 8.37. The van der Waals surface area contributed by atoms with E-state index >= 15 is 0 Å². The predicted molar refractivity (Wildman–Crippen MR) is 77.9 cm³/mol. The van der Waals surface area contributed by atoms with Crippen LogP contribution in [0.3, 0.4) is 0 Å². The van der Waals surface area contributed by atoms with Gasteiger partial charge in [0.25, 0.3) is 0 Å². The third-order valence-electron chi connectivity index (χ3n) is 3.18. The average Bonchev–Trinajstić information content (AvgIpc) is 2.87. The number of nitrogens with one attached hydrogen (secondary N) is 1. The fourth-order valence-corrected chi connectivity index (χ4v) is 3.04. The Bertz CT molecular complexity index is 501. The first kappa shape index (κ1) is 13.7. The second-order valence-electron chi connectivity index (χ2n) is 4.59. The summed E-state index contributed by atoms with van der Waals surface area (Å²) < 4.78 is -0.294. The Labute approximate surface area is 123 Å². The smallest absolute Gasteiger partial charge is 0.248 e. The van der Waals surface area contributed by atoms with Crippen LogP contribution >= 0.6 is 31.9 Å². The fourth-order valence-electron chi connectivity index (χ4n) is 1.56. The molecule has 0 unspecified atom stereocenters. The van der Waals surface area contributed by atoms with E-state index in [-0.39, 0.29) is 9.14 Å². The number of hydrogen-bond acceptors (Lipinski definition) is 3. The van der Waals surface area contributed by atoms with E-state index in [0.717, 1.165) is 17.7 Å². The molecule has 0 aromatic carbocycles. The zero-order valence-corrected chi connectivity index (χ0v) is 13.2. The van der Waals surface area contributed by atoms with Crippen molar-refractivity contribution in [3.63, 3.8) is 0 Å². The van der Waals surface area contributed by atoms with Crippen LogP contribution < -0.4 is 5.43 Å². The van der Waals surface area contributed by atoms with Gasteiger partial charge in [-0.3, -0.25) is 9.78 Å². The first-order valence-electron chi connectivity index (χ1n) is 5.50. The molecule has 1 saturated carbocycles. The van der Waals surface area contributed by atoms with Gasteiger partial charge in [-0.2, -0.15) is 5.10 Å². The lowest BCUT2D eigenvalue weighted by atomic mass is 10.1. The molecule has 18 heavy (non-hydrogen) atoms. The summed E-state index contributed by atoms with van der Waals surface area (Å²) in [5.74, 6) is -0.0929. The lowest BCUT2D eigenvalue weighted by molar-refractivity contribution is -0.125. The van der Waals surface area contributed by atoms with Crippen LogP contribution in [-0.4, -0.2) is 19.8 Å². The minimum Gasteiger partial charge on any atom is -0.272 e. The van der Waals surface area contributed by atoms with E-state index in [2.05, 4.69) is 47.4 Å². The molecule has 0 spiro atoms. The summed E-state index contributed by atoms with van der Waals surface area (Å²) in [4.78, 5) is 15.9. The molecule has 1 aromatic heterocycles. The number of pyridine rings is 1. The van der Waals surface area contributed by atoms with Crippen LogP contribution in [0.15, 0.2) is 29.6 Å². The van der Waals surface area contributed by atoms with Gasteiger partial charge in [-0.05, 0) is 32.4 Å².